The zero-order valence-electron chi connectivity index (χ0n) is 11.7. The van der Waals surface area contributed by atoms with E-state index in [4.69, 9.17) is 5.11 Å². The van der Waals surface area contributed by atoms with Crippen LogP contribution in [0.3, 0.4) is 0 Å². The Morgan fingerprint density at radius 1 is 1.17 bits per heavy atom. The van der Waals surface area contributed by atoms with Crippen LogP contribution in [0.25, 0.3) is 0 Å². The Labute approximate surface area is 119 Å². The number of benzene rings is 1. The Balaban J connectivity index is 0.00000137. The molecule has 0 unspecified atom stereocenters. The average Bonchev–Trinajstić information content (AvgIpc) is 2.40. The van der Waals surface area contributed by atoms with Crippen molar-refractivity contribution in [2.75, 3.05) is 7.11 Å². The molecule has 0 radical (unpaired) electrons. The van der Waals surface area contributed by atoms with Crippen molar-refractivity contribution in [1.82, 2.24) is 0 Å². The standard InChI is InChI=1S/C14H19BrO.CH4O/c1-4-6-12-10(3)14(15)8-11(9-16)13(12)7-5-2;1-2/h8-9H,4-7H2,1-3H3;2H,1H3. The Hall–Kier alpha value is -0.670. The van der Waals surface area contributed by atoms with E-state index in [9.17, 15) is 4.79 Å². The quantitative estimate of drug-likeness (QED) is 0.831. The van der Waals surface area contributed by atoms with Crippen LogP contribution in [0, 0.1) is 6.92 Å². The molecule has 0 bridgehead atoms. The summed E-state index contributed by atoms with van der Waals surface area (Å²) in [7, 11) is 1.00. The van der Waals surface area contributed by atoms with Crippen LogP contribution in [0.15, 0.2) is 10.5 Å². The second kappa shape index (κ2) is 9.29. The van der Waals surface area contributed by atoms with E-state index < -0.39 is 0 Å². The van der Waals surface area contributed by atoms with Gasteiger partial charge in [-0.1, -0.05) is 42.6 Å². The number of halogens is 1. The smallest absolute Gasteiger partial charge is 0.150 e. The summed E-state index contributed by atoms with van der Waals surface area (Å²) in [5, 5.41) is 7.00. The molecule has 0 aliphatic heterocycles. The zero-order chi connectivity index (χ0) is 14.1. The second-order valence-corrected chi connectivity index (χ2v) is 5.00. The van der Waals surface area contributed by atoms with Crippen molar-refractivity contribution < 1.29 is 9.90 Å². The lowest BCUT2D eigenvalue weighted by Gasteiger charge is -2.15. The summed E-state index contributed by atoms with van der Waals surface area (Å²) in [5.41, 5.74) is 4.75. The van der Waals surface area contributed by atoms with Crippen LogP contribution in [0.4, 0.5) is 0 Å². The predicted octanol–water partition coefficient (Wildman–Crippen LogP) is 4.08. The molecule has 0 fully saturated rings. The molecule has 1 aromatic rings. The van der Waals surface area contributed by atoms with Crippen LogP contribution in [0.1, 0.15) is 53.7 Å². The zero-order valence-corrected chi connectivity index (χ0v) is 13.3. The number of hydrogen-bond donors (Lipinski definition) is 1. The normalized spacial score (nSPS) is 9.67. The molecule has 0 saturated carbocycles. The SMILES string of the molecule is CCCc1c(C=O)cc(Br)c(C)c1CCC.CO. The van der Waals surface area contributed by atoms with E-state index in [0.29, 0.717) is 0 Å². The highest BCUT2D eigenvalue weighted by Gasteiger charge is 2.12. The topological polar surface area (TPSA) is 37.3 Å². The highest BCUT2D eigenvalue weighted by atomic mass is 79.9. The van der Waals surface area contributed by atoms with Gasteiger partial charge in [-0.3, -0.25) is 4.79 Å². The van der Waals surface area contributed by atoms with Crippen molar-refractivity contribution in [1.29, 1.82) is 0 Å². The van der Waals surface area contributed by atoms with Gasteiger partial charge in [0.25, 0.3) is 0 Å². The summed E-state index contributed by atoms with van der Waals surface area (Å²) in [6, 6.07) is 1.95. The fourth-order valence-electron chi connectivity index (χ4n) is 2.12. The number of hydrogen-bond acceptors (Lipinski definition) is 2. The molecule has 0 aromatic heterocycles. The van der Waals surface area contributed by atoms with Gasteiger partial charge in [0.2, 0.25) is 0 Å². The van der Waals surface area contributed by atoms with E-state index in [1.807, 2.05) is 6.07 Å². The first-order valence-corrected chi connectivity index (χ1v) is 7.15. The predicted molar refractivity (Wildman–Crippen MR) is 80.4 cm³/mol. The highest BCUT2D eigenvalue weighted by molar-refractivity contribution is 9.10. The number of aliphatic hydroxyl groups excluding tert-OH is 1. The maximum atomic E-state index is 11.1. The molecule has 0 saturated heterocycles. The third-order valence-electron chi connectivity index (χ3n) is 2.93. The van der Waals surface area contributed by atoms with E-state index in [1.165, 1.54) is 16.7 Å². The van der Waals surface area contributed by atoms with Crippen molar-refractivity contribution in [3.63, 3.8) is 0 Å². The van der Waals surface area contributed by atoms with Gasteiger partial charge in [0.05, 0.1) is 0 Å². The van der Waals surface area contributed by atoms with Gasteiger partial charge in [0, 0.05) is 17.1 Å². The van der Waals surface area contributed by atoms with Gasteiger partial charge in [-0.2, -0.15) is 0 Å². The molecule has 0 aliphatic carbocycles. The molecule has 0 spiro atoms. The molecule has 3 heteroatoms. The summed E-state index contributed by atoms with van der Waals surface area (Å²) >= 11 is 3.53. The minimum atomic E-state index is 0.850. The first-order chi connectivity index (χ1) is 8.65. The molecule has 1 rings (SSSR count). The molecular formula is C15H23BrO2. The van der Waals surface area contributed by atoms with Crippen LogP contribution in [-0.2, 0) is 12.8 Å². The summed E-state index contributed by atoms with van der Waals surface area (Å²) < 4.78 is 1.05. The van der Waals surface area contributed by atoms with E-state index in [0.717, 1.165) is 49.1 Å². The van der Waals surface area contributed by atoms with Crippen molar-refractivity contribution in [2.24, 2.45) is 0 Å². The third-order valence-corrected chi connectivity index (χ3v) is 3.76. The lowest BCUT2D eigenvalue weighted by molar-refractivity contribution is 0.112. The Kier molecular flexibility index (Phi) is 8.94. The van der Waals surface area contributed by atoms with Gasteiger partial charge < -0.3 is 5.11 Å². The second-order valence-electron chi connectivity index (χ2n) is 4.15. The highest BCUT2D eigenvalue weighted by Crippen LogP contribution is 2.28. The van der Waals surface area contributed by atoms with Crippen LogP contribution < -0.4 is 0 Å². The number of carbonyl (C=O) groups is 1. The lowest BCUT2D eigenvalue weighted by Crippen LogP contribution is -2.03. The van der Waals surface area contributed by atoms with Crippen molar-refractivity contribution in [2.45, 2.75) is 46.5 Å². The maximum Gasteiger partial charge on any atom is 0.150 e. The molecule has 0 amide bonds. The first kappa shape index (κ1) is 17.3. The molecule has 2 nitrogen and oxygen atoms in total. The average molecular weight is 315 g/mol. The van der Waals surface area contributed by atoms with E-state index in [-0.39, 0.29) is 0 Å². The van der Waals surface area contributed by atoms with E-state index in [2.05, 4.69) is 36.7 Å². The molecule has 18 heavy (non-hydrogen) atoms. The minimum absolute atomic E-state index is 0.850. The van der Waals surface area contributed by atoms with Crippen molar-refractivity contribution >= 4 is 22.2 Å². The summed E-state index contributed by atoms with van der Waals surface area (Å²) in [6.07, 6.45) is 5.23. The largest absolute Gasteiger partial charge is 0.400 e. The molecular weight excluding hydrogens is 292 g/mol. The molecule has 0 heterocycles. The van der Waals surface area contributed by atoms with E-state index >= 15 is 0 Å². The number of aliphatic hydroxyl groups is 1. The Morgan fingerprint density at radius 3 is 2.11 bits per heavy atom. The Morgan fingerprint density at radius 2 is 1.67 bits per heavy atom. The van der Waals surface area contributed by atoms with E-state index in [1.54, 1.807) is 0 Å². The van der Waals surface area contributed by atoms with Crippen LogP contribution >= 0.6 is 15.9 Å². The van der Waals surface area contributed by atoms with Gasteiger partial charge in [-0.25, -0.2) is 0 Å². The molecule has 1 N–H and O–H groups in total. The summed E-state index contributed by atoms with van der Waals surface area (Å²) in [6.45, 7) is 6.46. The maximum absolute atomic E-state index is 11.1. The molecule has 1 aromatic carbocycles. The number of rotatable bonds is 5. The van der Waals surface area contributed by atoms with Gasteiger partial charge in [-0.15, -0.1) is 0 Å². The monoisotopic (exact) mass is 314 g/mol. The van der Waals surface area contributed by atoms with Crippen molar-refractivity contribution in [3.05, 3.63) is 32.8 Å². The Bertz CT molecular complexity index is 387. The van der Waals surface area contributed by atoms with Gasteiger partial charge >= 0.3 is 0 Å². The molecule has 102 valence electrons. The molecule has 0 atom stereocenters. The molecule has 0 aliphatic rings. The first-order valence-electron chi connectivity index (χ1n) is 6.36. The number of aldehydes is 1. The van der Waals surface area contributed by atoms with Crippen LogP contribution in [-0.4, -0.2) is 18.5 Å². The van der Waals surface area contributed by atoms with Gasteiger partial charge in [0.1, 0.15) is 6.29 Å². The van der Waals surface area contributed by atoms with Crippen LogP contribution in [0.5, 0.6) is 0 Å². The van der Waals surface area contributed by atoms with Crippen LogP contribution in [0.2, 0.25) is 0 Å². The summed E-state index contributed by atoms with van der Waals surface area (Å²) in [5.74, 6) is 0. The fourth-order valence-corrected chi connectivity index (χ4v) is 2.60. The van der Waals surface area contributed by atoms with Gasteiger partial charge in [0.15, 0.2) is 0 Å². The summed E-state index contributed by atoms with van der Waals surface area (Å²) in [4.78, 5) is 11.1. The minimum Gasteiger partial charge on any atom is -0.400 e. The number of carbonyl (C=O) groups excluding carboxylic acids is 1. The fraction of sp³-hybridized carbons (Fsp3) is 0.533. The van der Waals surface area contributed by atoms with Gasteiger partial charge in [-0.05, 0) is 42.5 Å². The van der Waals surface area contributed by atoms with Crippen molar-refractivity contribution in [3.8, 4) is 0 Å². The third kappa shape index (κ3) is 4.21. The lowest BCUT2D eigenvalue weighted by atomic mass is 9.91.